The van der Waals surface area contributed by atoms with Crippen LogP contribution in [-0.4, -0.2) is 14.2 Å². The molecular weight excluding hydrogens is 296 g/mol. The minimum absolute atomic E-state index is 0.673. The fraction of sp³-hybridized carbons (Fsp3) is 0.364. The Bertz CT molecular complexity index is 585. The molecular formula is C22H28O2. The monoisotopic (exact) mass is 324 g/mol. The highest BCUT2D eigenvalue weighted by atomic mass is 16.5. The topological polar surface area (TPSA) is 18.5 Å². The van der Waals surface area contributed by atoms with Crippen LogP contribution < -0.4 is 9.47 Å². The highest BCUT2D eigenvalue weighted by molar-refractivity contribution is 5.33. The molecule has 0 aliphatic heterocycles. The number of methoxy groups -OCH3 is 2. The molecule has 0 saturated carbocycles. The number of benzene rings is 2. The lowest BCUT2D eigenvalue weighted by Crippen LogP contribution is -1.98. The molecule has 128 valence electrons. The van der Waals surface area contributed by atoms with E-state index in [1.54, 1.807) is 14.2 Å². The second-order valence-electron chi connectivity index (χ2n) is 6.54. The largest absolute Gasteiger partial charge is 0.497 e. The first-order chi connectivity index (χ1) is 11.6. The number of rotatable bonds is 8. The summed E-state index contributed by atoms with van der Waals surface area (Å²) in [6.07, 6.45) is 5.46. The molecule has 0 aliphatic carbocycles. The van der Waals surface area contributed by atoms with Gasteiger partial charge in [0, 0.05) is 0 Å². The molecule has 0 heterocycles. The normalized spacial score (nSPS) is 10.5. The van der Waals surface area contributed by atoms with Crippen LogP contribution >= 0.6 is 0 Å². The molecule has 0 amide bonds. The van der Waals surface area contributed by atoms with Gasteiger partial charge in [0.1, 0.15) is 11.5 Å². The van der Waals surface area contributed by atoms with Gasteiger partial charge in [0.15, 0.2) is 0 Å². The minimum Gasteiger partial charge on any atom is -0.497 e. The zero-order valence-electron chi connectivity index (χ0n) is 15.2. The molecule has 0 unspecified atom stereocenters. The van der Waals surface area contributed by atoms with E-state index in [0.29, 0.717) is 5.92 Å². The van der Waals surface area contributed by atoms with Gasteiger partial charge in [-0.25, -0.2) is 0 Å². The molecule has 0 atom stereocenters. The number of allylic oxidation sites excluding steroid dienone is 2. The van der Waals surface area contributed by atoms with Crippen molar-refractivity contribution in [1.82, 2.24) is 0 Å². The van der Waals surface area contributed by atoms with Gasteiger partial charge in [0.05, 0.1) is 14.2 Å². The van der Waals surface area contributed by atoms with E-state index in [4.69, 9.17) is 9.47 Å². The van der Waals surface area contributed by atoms with E-state index in [-0.39, 0.29) is 0 Å². The van der Waals surface area contributed by atoms with E-state index in [1.807, 2.05) is 24.3 Å². The Balaban J connectivity index is 2.12. The molecule has 0 radical (unpaired) electrons. The van der Waals surface area contributed by atoms with Crippen LogP contribution in [0.1, 0.15) is 31.4 Å². The third-order valence-electron chi connectivity index (χ3n) is 4.06. The van der Waals surface area contributed by atoms with Crippen molar-refractivity contribution in [1.29, 1.82) is 0 Å². The Morgan fingerprint density at radius 3 is 1.54 bits per heavy atom. The molecule has 2 aromatic carbocycles. The zero-order valence-corrected chi connectivity index (χ0v) is 15.2. The maximum Gasteiger partial charge on any atom is 0.118 e. The van der Waals surface area contributed by atoms with E-state index in [9.17, 15) is 0 Å². The Kier molecular flexibility index (Phi) is 6.92. The van der Waals surface area contributed by atoms with E-state index < -0.39 is 0 Å². The van der Waals surface area contributed by atoms with Crippen molar-refractivity contribution in [3.8, 4) is 11.5 Å². The highest BCUT2D eigenvalue weighted by Gasteiger charge is 2.04. The van der Waals surface area contributed by atoms with Crippen molar-refractivity contribution >= 4 is 0 Å². The maximum absolute atomic E-state index is 5.24. The summed E-state index contributed by atoms with van der Waals surface area (Å²) in [5.74, 6) is 2.48. The van der Waals surface area contributed by atoms with Crippen LogP contribution in [-0.2, 0) is 12.8 Å². The molecule has 0 aromatic heterocycles. The molecule has 2 aromatic rings. The van der Waals surface area contributed by atoms with Gasteiger partial charge in [-0.15, -0.1) is 0 Å². The summed E-state index contributed by atoms with van der Waals surface area (Å²) in [6.45, 7) is 4.52. The van der Waals surface area contributed by atoms with Crippen molar-refractivity contribution in [3.63, 3.8) is 0 Å². The molecule has 24 heavy (non-hydrogen) atoms. The fourth-order valence-electron chi connectivity index (χ4n) is 2.62. The van der Waals surface area contributed by atoms with Crippen molar-refractivity contribution in [2.75, 3.05) is 14.2 Å². The molecule has 2 rings (SSSR count). The molecule has 2 heteroatoms. The first-order valence-electron chi connectivity index (χ1n) is 8.54. The third kappa shape index (κ3) is 5.77. The van der Waals surface area contributed by atoms with Crippen LogP contribution in [0.15, 0.2) is 60.2 Å². The zero-order chi connectivity index (χ0) is 17.4. The van der Waals surface area contributed by atoms with Crippen molar-refractivity contribution in [2.24, 2.45) is 5.92 Å². The smallest absolute Gasteiger partial charge is 0.118 e. The second kappa shape index (κ2) is 9.17. The van der Waals surface area contributed by atoms with Crippen LogP contribution in [0.4, 0.5) is 0 Å². The Hall–Kier alpha value is -2.22. The Morgan fingerprint density at radius 1 is 0.792 bits per heavy atom. The molecule has 0 bridgehead atoms. The number of hydrogen-bond acceptors (Lipinski definition) is 2. The second-order valence-corrected chi connectivity index (χ2v) is 6.54. The molecule has 0 aliphatic rings. The van der Waals surface area contributed by atoms with Crippen LogP contribution in [0.25, 0.3) is 0 Å². The van der Waals surface area contributed by atoms with Gasteiger partial charge in [-0.3, -0.25) is 0 Å². The Labute approximate surface area is 146 Å². The van der Waals surface area contributed by atoms with Gasteiger partial charge in [0.25, 0.3) is 0 Å². The Morgan fingerprint density at radius 2 is 1.21 bits per heavy atom. The predicted molar refractivity (Wildman–Crippen MR) is 101 cm³/mol. The molecule has 0 fully saturated rings. The summed E-state index contributed by atoms with van der Waals surface area (Å²) in [5.41, 5.74) is 4.10. The van der Waals surface area contributed by atoms with Gasteiger partial charge < -0.3 is 9.47 Å². The third-order valence-corrected chi connectivity index (χ3v) is 4.06. The summed E-state index contributed by atoms with van der Waals surface area (Å²) in [5, 5.41) is 0. The van der Waals surface area contributed by atoms with Gasteiger partial charge >= 0.3 is 0 Å². The van der Waals surface area contributed by atoms with Crippen molar-refractivity contribution in [2.45, 2.75) is 33.1 Å². The number of ether oxygens (including phenoxy) is 2. The van der Waals surface area contributed by atoms with Crippen LogP contribution in [0.5, 0.6) is 11.5 Å². The van der Waals surface area contributed by atoms with Gasteiger partial charge in [0.2, 0.25) is 0 Å². The SMILES string of the molecule is COc1ccc(CC(=CCC(C)C)Cc2ccc(OC)cc2)cc1. The molecule has 2 nitrogen and oxygen atoms in total. The van der Waals surface area contributed by atoms with Crippen molar-refractivity contribution in [3.05, 3.63) is 71.3 Å². The summed E-state index contributed by atoms with van der Waals surface area (Å²) in [4.78, 5) is 0. The molecule has 0 N–H and O–H groups in total. The minimum atomic E-state index is 0.673. The summed E-state index contributed by atoms with van der Waals surface area (Å²) < 4.78 is 10.5. The average molecular weight is 324 g/mol. The molecule has 0 spiro atoms. The van der Waals surface area contributed by atoms with Gasteiger partial charge in [-0.1, -0.05) is 49.8 Å². The van der Waals surface area contributed by atoms with Crippen LogP contribution in [0.3, 0.4) is 0 Å². The standard InChI is InChI=1S/C22H28O2/c1-17(2)5-6-20(15-18-7-11-21(23-3)12-8-18)16-19-9-13-22(24-4)14-10-19/h6-14,17H,5,15-16H2,1-4H3. The maximum atomic E-state index is 5.24. The van der Waals surface area contributed by atoms with E-state index in [0.717, 1.165) is 30.8 Å². The van der Waals surface area contributed by atoms with Crippen LogP contribution in [0, 0.1) is 5.92 Å². The molecule has 0 saturated heterocycles. The first kappa shape index (κ1) is 18.1. The fourth-order valence-corrected chi connectivity index (χ4v) is 2.62. The quantitative estimate of drug-likeness (QED) is 0.600. The summed E-state index contributed by atoms with van der Waals surface area (Å²) >= 11 is 0. The summed E-state index contributed by atoms with van der Waals surface area (Å²) in [7, 11) is 3.40. The van der Waals surface area contributed by atoms with E-state index >= 15 is 0 Å². The van der Waals surface area contributed by atoms with Gasteiger partial charge in [-0.05, 0) is 60.6 Å². The summed E-state index contributed by atoms with van der Waals surface area (Å²) in [6, 6.07) is 16.7. The predicted octanol–water partition coefficient (Wildman–Crippen LogP) is 5.46. The van der Waals surface area contributed by atoms with E-state index in [1.165, 1.54) is 16.7 Å². The van der Waals surface area contributed by atoms with Gasteiger partial charge in [-0.2, -0.15) is 0 Å². The van der Waals surface area contributed by atoms with E-state index in [2.05, 4.69) is 44.2 Å². The average Bonchev–Trinajstić information content (AvgIpc) is 2.61. The lowest BCUT2D eigenvalue weighted by molar-refractivity contribution is 0.414. The highest BCUT2D eigenvalue weighted by Crippen LogP contribution is 2.20. The lowest BCUT2D eigenvalue weighted by Gasteiger charge is -2.11. The van der Waals surface area contributed by atoms with Crippen LogP contribution in [0.2, 0.25) is 0 Å². The number of hydrogen-bond donors (Lipinski definition) is 0. The lowest BCUT2D eigenvalue weighted by atomic mass is 9.96. The first-order valence-corrected chi connectivity index (χ1v) is 8.54. The van der Waals surface area contributed by atoms with Crippen molar-refractivity contribution < 1.29 is 9.47 Å².